The first kappa shape index (κ1) is 18.4. The standard InChI is InChI=1S/C14H17Cl3N4O4/c15-14(16,17)8-25-13(24)20-4-3-19(12(22)23)7-11(20)9-5-18-21(6-9)10-1-2-10/h5-6,10-11H,1-4,7-8H2,(H,22,23). The molecule has 25 heavy (non-hydrogen) atoms. The van der Waals surface area contributed by atoms with Gasteiger partial charge in [0.2, 0.25) is 3.79 Å². The van der Waals surface area contributed by atoms with E-state index in [0.29, 0.717) is 6.04 Å². The second-order valence-electron chi connectivity index (χ2n) is 6.09. The van der Waals surface area contributed by atoms with Crippen LogP contribution < -0.4 is 0 Å². The third-order valence-electron chi connectivity index (χ3n) is 4.17. The predicted octanol–water partition coefficient (Wildman–Crippen LogP) is 3.06. The molecule has 1 N–H and O–H groups in total. The normalized spacial score (nSPS) is 21.3. The van der Waals surface area contributed by atoms with Crippen molar-refractivity contribution in [3.05, 3.63) is 18.0 Å². The van der Waals surface area contributed by atoms with Crippen LogP contribution in [-0.2, 0) is 4.74 Å². The van der Waals surface area contributed by atoms with Gasteiger partial charge >= 0.3 is 12.2 Å². The zero-order valence-corrected chi connectivity index (χ0v) is 15.4. The predicted molar refractivity (Wildman–Crippen MR) is 91.2 cm³/mol. The van der Waals surface area contributed by atoms with Crippen molar-refractivity contribution in [2.45, 2.75) is 28.7 Å². The molecule has 2 aliphatic rings. The van der Waals surface area contributed by atoms with E-state index >= 15 is 0 Å². The summed E-state index contributed by atoms with van der Waals surface area (Å²) >= 11 is 16.8. The van der Waals surface area contributed by atoms with Crippen LogP contribution in [0.1, 0.15) is 30.5 Å². The van der Waals surface area contributed by atoms with E-state index in [2.05, 4.69) is 5.10 Å². The molecule has 2 fully saturated rings. The van der Waals surface area contributed by atoms with E-state index in [1.807, 2.05) is 10.9 Å². The highest BCUT2D eigenvalue weighted by Crippen LogP contribution is 2.35. The molecule has 0 radical (unpaired) electrons. The van der Waals surface area contributed by atoms with Crippen molar-refractivity contribution in [3.63, 3.8) is 0 Å². The van der Waals surface area contributed by atoms with Crippen LogP contribution in [-0.4, -0.2) is 66.9 Å². The Morgan fingerprint density at radius 1 is 1.32 bits per heavy atom. The summed E-state index contributed by atoms with van der Waals surface area (Å²) < 4.78 is 5.20. The molecule has 0 spiro atoms. The molecule has 1 aliphatic heterocycles. The van der Waals surface area contributed by atoms with Crippen molar-refractivity contribution in [2.75, 3.05) is 26.2 Å². The van der Waals surface area contributed by atoms with Gasteiger partial charge in [0, 0.05) is 31.4 Å². The molecule has 0 bridgehead atoms. The van der Waals surface area contributed by atoms with Crippen LogP contribution in [0.5, 0.6) is 0 Å². The lowest BCUT2D eigenvalue weighted by atomic mass is 10.1. The molecular formula is C14H17Cl3N4O4. The smallest absolute Gasteiger partial charge is 0.410 e. The minimum absolute atomic E-state index is 0.133. The van der Waals surface area contributed by atoms with Crippen LogP contribution in [0.25, 0.3) is 0 Å². The number of piperazine rings is 1. The number of amides is 2. The molecule has 3 rings (SSSR count). The summed E-state index contributed by atoms with van der Waals surface area (Å²) in [6.07, 6.45) is 3.96. The third-order valence-corrected chi connectivity index (χ3v) is 4.50. The van der Waals surface area contributed by atoms with E-state index in [0.717, 1.165) is 18.4 Å². The highest BCUT2D eigenvalue weighted by molar-refractivity contribution is 6.67. The quantitative estimate of drug-likeness (QED) is 0.772. The van der Waals surface area contributed by atoms with Crippen molar-refractivity contribution in [1.29, 1.82) is 0 Å². The lowest BCUT2D eigenvalue weighted by Crippen LogP contribution is -2.52. The molecule has 11 heteroatoms. The van der Waals surface area contributed by atoms with E-state index in [9.17, 15) is 14.7 Å². The first-order valence-electron chi connectivity index (χ1n) is 7.76. The van der Waals surface area contributed by atoms with Crippen molar-refractivity contribution < 1.29 is 19.4 Å². The number of carboxylic acid groups (broad SMARTS) is 1. The maximum atomic E-state index is 12.4. The minimum atomic E-state index is -1.70. The zero-order valence-electron chi connectivity index (χ0n) is 13.1. The summed E-state index contributed by atoms with van der Waals surface area (Å²) in [6.45, 7) is 0.119. The largest absolute Gasteiger partial charge is 0.465 e. The molecule has 8 nitrogen and oxygen atoms in total. The molecule has 2 heterocycles. The molecule has 1 aliphatic carbocycles. The van der Waals surface area contributed by atoms with Crippen LogP contribution >= 0.6 is 34.8 Å². The molecule has 1 unspecified atom stereocenters. The average molecular weight is 412 g/mol. The van der Waals surface area contributed by atoms with Crippen molar-refractivity contribution >= 4 is 47.0 Å². The third kappa shape index (κ3) is 4.62. The maximum absolute atomic E-state index is 12.4. The highest BCUT2D eigenvalue weighted by atomic mass is 35.6. The molecule has 0 aromatic carbocycles. The average Bonchev–Trinajstić information content (AvgIpc) is 3.28. The van der Waals surface area contributed by atoms with Crippen LogP contribution in [0, 0.1) is 0 Å². The monoisotopic (exact) mass is 410 g/mol. The Labute approximate surface area is 159 Å². The summed E-state index contributed by atoms with van der Waals surface area (Å²) in [5, 5.41) is 13.6. The van der Waals surface area contributed by atoms with Gasteiger partial charge in [0.05, 0.1) is 18.3 Å². The van der Waals surface area contributed by atoms with Gasteiger partial charge in [-0.2, -0.15) is 5.10 Å². The number of hydrogen-bond acceptors (Lipinski definition) is 4. The van der Waals surface area contributed by atoms with E-state index < -0.39 is 22.0 Å². The zero-order chi connectivity index (χ0) is 18.2. The number of rotatable bonds is 3. The van der Waals surface area contributed by atoms with E-state index in [-0.39, 0.29) is 26.2 Å². The van der Waals surface area contributed by atoms with Crippen LogP contribution in [0.15, 0.2) is 12.4 Å². The number of alkyl halides is 3. The summed E-state index contributed by atoms with van der Waals surface area (Å²) in [5.74, 6) is 0. The Balaban J connectivity index is 1.76. The van der Waals surface area contributed by atoms with Gasteiger partial charge < -0.3 is 14.7 Å². The molecule has 1 aromatic heterocycles. The molecular weight excluding hydrogens is 395 g/mol. The Bertz CT molecular complexity index is 659. The fourth-order valence-electron chi connectivity index (χ4n) is 2.75. The second kappa shape index (κ2) is 7.09. The van der Waals surface area contributed by atoms with Crippen molar-refractivity contribution in [3.8, 4) is 0 Å². The lowest BCUT2D eigenvalue weighted by molar-refractivity contribution is 0.0463. The fourth-order valence-corrected chi connectivity index (χ4v) is 2.91. The number of aromatic nitrogens is 2. The number of hydrogen-bond donors (Lipinski definition) is 1. The molecule has 2 amide bonds. The highest BCUT2D eigenvalue weighted by Gasteiger charge is 2.37. The number of halogens is 3. The van der Waals surface area contributed by atoms with Crippen LogP contribution in [0.4, 0.5) is 9.59 Å². The van der Waals surface area contributed by atoms with Gasteiger partial charge in [-0.25, -0.2) is 9.59 Å². The van der Waals surface area contributed by atoms with Gasteiger partial charge in [-0.15, -0.1) is 0 Å². The van der Waals surface area contributed by atoms with Gasteiger partial charge in [-0.1, -0.05) is 34.8 Å². The first-order valence-corrected chi connectivity index (χ1v) is 8.90. The SMILES string of the molecule is O=C(O)N1CCN(C(=O)OCC(Cl)(Cl)Cl)C(c2cnn(C3CC3)c2)C1. The van der Waals surface area contributed by atoms with Crippen LogP contribution in [0.3, 0.4) is 0 Å². The van der Waals surface area contributed by atoms with Gasteiger partial charge in [-0.3, -0.25) is 9.58 Å². The van der Waals surface area contributed by atoms with Crippen LogP contribution in [0.2, 0.25) is 0 Å². The Kier molecular flexibility index (Phi) is 5.22. The number of nitrogens with zero attached hydrogens (tertiary/aromatic N) is 4. The number of ether oxygens (including phenoxy) is 1. The summed E-state index contributed by atoms with van der Waals surface area (Å²) in [6, 6.07) is -0.113. The van der Waals surface area contributed by atoms with Gasteiger partial charge in [0.15, 0.2) is 0 Å². The lowest BCUT2D eigenvalue weighted by Gasteiger charge is -2.39. The number of carbonyl (C=O) groups excluding carboxylic acids is 1. The topological polar surface area (TPSA) is 87.9 Å². The first-order chi connectivity index (χ1) is 11.7. The Hall–Kier alpha value is -1.38. The maximum Gasteiger partial charge on any atom is 0.410 e. The second-order valence-corrected chi connectivity index (χ2v) is 8.61. The molecule has 138 valence electrons. The number of carbonyl (C=O) groups is 2. The fraction of sp³-hybridized carbons (Fsp3) is 0.643. The van der Waals surface area contributed by atoms with E-state index in [1.54, 1.807) is 6.20 Å². The van der Waals surface area contributed by atoms with Gasteiger partial charge in [0.1, 0.15) is 6.61 Å². The van der Waals surface area contributed by atoms with Crippen molar-refractivity contribution in [2.24, 2.45) is 0 Å². The van der Waals surface area contributed by atoms with E-state index in [1.165, 1.54) is 9.80 Å². The Morgan fingerprint density at radius 3 is 2.64 bits per heavy atom. The molecule has 1 atom stereocenters. The molecule has 1 saturated carbocycles. The molecule has 1 saturated heterocycles. The Morgan fingerprint density at radius 2 is 2.04 bits per heavy atom. The van der Waals surface area contributed by atoms with Gasteiger partial charge in [0.25, 0.3) is 0 Å². The van der Waals surface area contributed by atoms with Crippen molar-refractivity contribution in [1.82, 2.24) is 19.6 Å². The van der Waals surface area contributed by atoms with Gasteiger partial charge in [-0.05, 0) is 12.8 Å². The molecule has 1 aromatic rings. The summed E-state index contributed by atoms with van der Waals surface area (Å²) in [7, 11) is 0. The summed E-state index contributed by atoms with van der Waals surface area (Å²) in [4.78, 5) is 26.4. The minimum Gasteiger partial charge on any atom is -0.465 e. The van der Waals surface area contributed by atoms with E-state index in [4.69, 9.17) is 39.5 Å². The summed E-state index contributed by atoms with van der Waals surface area (Å²) in [5.41, 5.74) is 0.753.